The Morgan fingerprint density at radius 2 is 1.77 bits per heavy atom. The van der Waals surface area contributed by atoms with Gasteiger partial charge < -0.3 is 4.90 Å². The van der Waals surface area contributed by atoms with Crippen molar-refractivity contribution in [3.8, 4) is 0 Å². The largest absolute Gasteiger partial charge is 0.340 e. The number of carbonyl (C=O) groups excluding carboxylic acids is 1. The second-order valence-electron chi connectivity index (χ2n) is 7.87. The van der Waals surface area contributed by atoms with E-state index < -0.39 is 0 Å². The maximum atomic E-state index is 12.9. The van der Waals surface area contributed by atoms with Crippen LogP contribution in [-0.4, -0.2) is 47.9 Å². The van der Waals surface area contributed by atoms with Crippen LogP contribution in [0.15, 0.2) is 60.3 Å². The van der Waals surface area contributed by atoms with Gasteiger partial charge in [0, 0.05) is 45.3 Å². The van der Waals surface area contributed by atoms with Gasteiger partial charge in [0.25, 0.3) is 0 Å². The van der Waals surface area contributed by atoms with Crippen molar-refractivity contribution in [3.63, 3.8) is 0 Å². The Bertz CT molecular complexity index is 926. The van der Waals surface area contributed by atoms with E-state index in [1.807, 2.05) is 41.2 Å². The lowest BCUT2D eigenvalue weighted by Gasteiger charge is -2.35. The van der Waals surface area contributed by atoms with Gasteiger partial charge in [0.2, 0.25) is 5.91 Å². The molecule has 1 saturated heterocycles. The highest BCUT2D eigenvalue weighted by Gasteiger charge is 2.28. The van der Waals surface area contributed by atoms with Gasteiger partial charge in [0.05, 0.1) is 21.8 Å². The Morgan fingerprint density at radius 1 is 1.03 bits per heavy atom. The smallest absolute Gasteiger partial charge is 0.224 e. The summed E-state index contributed by atoms with van der Waals surface area (Å²) in [5, 5.41) is 2.95. The molecular weight excluding hydrogens is 419 g/mol. The molecule has 5 nitrogen and oxygen atoms in total. The molecule has 1 amide bonds. The van der Waals surface area contributed by atoms with E-state index in [9.17, 15) is 4.79 Å². The summed E-state index contributed by atoms with van der Waals surface area (Å²) in [7, 11) is 0. The second kappa shape index (κ2) is 9.40. The highest BCUT2D eigenvalue weighted by molar-refractivity contribution is 6.42. The third-order valence-corrected chi connectivity index (χ3v) is 6.45. The summed E-state index contributed by atoms with van der Waals surface area (Å²) >= 11 is 12.2. The second-order valence-corrected chi connectivity index (χ2v) is 8.68. The quantitative estimate of drug-likeness (QED) is 0.744. The average molecular weight is 445 g/mol. The minimum Gasteiger partial charge on any atom is -0.340 e. The van der Waals surface area contributed by atoms with Gasteiger partial charge in [-0.05, 0) is 36.3 Å². The Hall–Kier alpha value is -2.05. The highest BCUT2D eigenvalue weighted by atomic mass is 35.5. The summed E-state index contributed by atoms with van der Waals surface area (Å²) in [4.78, 5) is 17.3. The molecule has 0 radical (unpaired) electrons. The number of benzene rings is 2. The standard InChI is InChI=1S/C23H26Cl2N4O/c1-17-15-29(19-7-8-20(24)21(25)13-19)26-22(17)14-23(30)28-11-9-27(10-12-28)16-18-5-3-2-4-6-18/h2-8,13,15,22,26H,9-12,14,16H2,1H3. The fourth-order valence-electron chi connectivity index (χ4n) is 3.89. The minimum atomic E-state index is -0.0192. The molecule has 4 rings (SSSR count). The predicted octanol–water partition coefficient (Wildman–Crippen LogP) is 4.32. The number of rotatable bonds is 5. The molecule has 7 heteroatoms. The molecule has 1 unspecified atom stereocenters. The molecule has 2 aromatic carbocycles. The SMILES string of the molecule is CC1=CN(c2ccc(Cl)c(Cl)c2)NC1CC(=O)N1CCN(Cc2ccccc2)CC1. The zero-order valence-corrected chi connectivity index (χ0v) is 18.5. The molecule has 0 saturated carbocycles. The Kier molecular flexibility index (Phi) is 6.64. The number of anilines is 1. The van der Waals surface area contributed by atoms with Crippen LogP contribution in [0.2, 0.25) is 10.0 Å². The molecule has 1 atom stereocenters. The number of carbonyl (C=O) groups is 1. The van der Waals surface area contributed by atoms with Crippen LogP contribution in [0.5, 0.6) is 0 Å². The Morgan fingerprint density at radius 3 is 2.47 bits per heavy atom. The van der Waals surface area contributed by atoms with Crippen molar-refractivity contribution < 1.29 is 4.79 Å². The van der Waals surface area contributed by atoms with Crippen molar-refractivity contribution >= 4 is 34.8 Å². The van der Waals surface area contributed by atoms with Crippen molar-refractivity contribution in [2.45, 2.75) is 25.9 Å². The van der Waals surface area contributed by atoms with Gasteiger partial charge in [-0.3, -0.25) is 14.7 Å². The van der Waals surface area contributed by atoms with Gasteiger partial charge in [0.1, 0.15) is 0 Å². The van der Waals surface area contributed by atoms with Gasteiger partial charge >= 0.3 is 0 Å². The molecule has 0 aliphatic carbocycles. The fraction of sp³-hybridized carbons (Fsp3) is 0.348. The van der Waals surface area contributed by atoms with Gasteiger partial charge in [-0.1, -0.05) is 53.5 Å². The van der Waals surface area contributed by atoms with Crippen LogP contribution in [0.25, 0.3) is 0 Å². The Balaban J connectivity index is 1.28. The number of amides is 1. The summed E-state index contributed by atoms with van der Waals surface area (Å²) in [5.74, 6) is 0.190. The number of hydrogen-bond acceptors (Lipinski definition) is 4. The summed E-state index contributed by atoms with van der Waals surface area (Å²) in [5.41, 5.74) is 6.73. The summed E-state index contributed by atoms with van der Waals surface area (Å²) in [6.45, 7) is 6.34. The first-order valence-electron chi connectivity index (χ1n) is 10.2. The summed E-state index contributed by atoms with van der Waals surface area (Å²) < 4.78 is 0. The van der Waals surface area contributed by atoms with E-state index in [-0.39, 0.29) is 11.9 Å². The molecule has 30 heavy (non-hydrogen) atoms. The van der Waals surface area contributed by atoms with E-state index in [0.717, 1.165) is 44.0 Å². The summed E-state index contributed by atoms with van der Waals surface area (Å²) in [6, 6.07) is 16.0. The Labute approximate surface area is 187 Å². The topological polar surface area (TPSA) is 38.8 Å². The number of hydrogen-bond donors (Lipinski definition) is 1. The van der Waals surface area contributed by atoms with Crippen LogP contribution < -0.4 is 10.4 Å². The molecular formula is C23H26Cl2N4O. The number of piperazine rings is 1. The number of hydrazine groups is 1. The molecule has 2 aromatic rings. The predicted molar refractivity (Wildman–Crippen MR) is 123 cm³/mol. The molecule has 2 aliphatic heterocycles. The van der Waals surface area contributed by atoms with E-state index in [1.165, 1.54) is 5.56 Å². The lowest BCUT2D eigenvalue weighted by Crippen LogP contribution is -2.49. The first kappa shape index (κ1) is 21.2. The first-order valence-corrected chi connectivity index (χ1v) is 11.0. The number of halogens is 2. The maximum Gasteiger partial charge on any atom is 0.224 e. The van der Waals surface area contributed by atoms with Crippen LogP contribution in [0.4, 0.5) is 5.69 Å². The zero-order valence-electron chi connectivity index (χ0n) is 17.0. The molecule has 0 spiro atoms. The van der Waals surface area contributed by atoms with Crippen LogP contribution in [0.1, 0.15) is 18.9 Å². The van der Waals surface area contributed by atoms with Gasteiger partial charge in [0.15, 0.2) is 0 Å². The highest BCUT2D eigenvalue weighted by Crippen LogP contribution is 2.29. The first-order chi connectivity index (χ1) is 14.5. The molecule has 158 valence electrons. The fourth-order valence-corrected chi connectivity index (χ4v) is 4.18. The number of nitrogens with one attached hydrogen (secondary N) is 1. The number of nitrogens with zero attached hydrogens (tertiary/aromatic N) is 3. The third-order valence-electron chi connectivity index (χ3n) is 5.71. The van der Waals surface area contributed by atoms with Crippen molar-refractivity contribution in [3.05, 3.63) is 75.9 Å². The van der Waals surface area contributed by atoms with E-state index in [0.29, 0.717) is 16.5 Å². The summed E-state index contributed by atoms with van der Waals surface area (Å²) in [6.07, 6.45) is 2.45. The lowest BCUT2D eigenvalue weighted by atomic mass is 10.1. The van der Waals surface area contributed by atoms with Crippen molar-refractivity contribution in [1.29, 1.82) is 0 Å². The van der Waals surface area contributed by atoms with Crippen LogP contribution in [0, 0.1) is 0 Å². The zero-order chi connectivity index (χ0) is 21.1. The molecule has 1 fully saturated rings. The monoisotopic (exact) mass is 444 g/mol. The van der Waals surface area contributed by atoms with Crippen molar-refractivity contribution in [2.75, 3.05) is 31.2 Å². The molecule has 0 aromatic heterocycles. The lowest BCUT2D eigenvalue weighted by molar-refractivity contribution is -0.133. The van der Waals surface area contributed by atoms with E-state index in [2.05, 4.69) is 34.6 Å². The van der Waals surface area contributed by atoms with Gasteiger partial charge in [-0.2, -0.15) is 0 Å². The molecule has 2 heterocycles. The maximum absolute atomic E-state index is 12.9. The average Bonchev–Trinajstić information content (AvgIpc) is 3.11. The van der Waals surface area contributed by atoms with E-state index >= 15 is 0 Å². The van der Waals surface area contributed by atoms with E-state index in [4.69, 9.17) is 23.2 Å². The van der Waals surface area contributed by atoms with Crippen molar-refractivity contribution in [1.82, 2.24) is 15.2 Å². The van der Waals surface area contributed by atoms with Gasteiger partial charge in [-0.25, -0.2) is 5.43 Å². The minimum absolute atomic E-state index is 0.0192. The van der Waals surface area contributed by atoms with Crippen LogP contribution >= 0.6 is 23.2 Å². The normalized spacial score (nSPS) is 19.8. The van der Waals surface area contributed by atoms with Crippen molar-refractivity contribution in [2.24, 2.45) is 0 Å². The molecule has 2 aliphatic rings. The van der Waals surface area contributed by atoms with Gasteiger partial charge in [-0.15, -0.1) is 0 Å². The van der Waals surface area contributed by atoms with Crippen LogP contribution in [0.3, 0.4) is 0 Å². The molecule has 1 N–H and O–H groups in total. The molecule has 0 bridgehead atoms. The van der Waals surface area contributed by atoms with E-state index in [1.54, 1.807) is 6.07 Å². The third kappa shape index (κ3) is 4.98. The van der Waals surface area contributed by atoms with Crippen LogP contribution in [-0.2, 0) is 11.3 Å².